The second kappa shape index (κ2) is 7.69. The Morgan fingerprint density at radius 2 is 1.68 bits per heavy atom. The molecule has 1 fully saturated rings. The molecular formula is C19H19FN2O5S. The summed E-state index contributed by atoms with van der Waals surface area (Å²) in [5.41, 5.74) is 0.677. The van der Waals surface area contributed by atoms with E-state index in [0.717, 1.165) is 4.90 Å². The number of imide groups is 1. The first-order valence-corrected chi connectivity index (χ1v) is 10.0. The lowest BCUT2D eigenvalue weighted by molar-refractivity contribution is -0.121. The molecule has 148 valence electrons. The van der Waals surface area contributed by atoms with Gasteiger partial charge in [0.15, 0.2) is 0 Å². The van der Waals surface area contributed by atoms with E-state index >= 15 is 0 Å². The molecule has 9 heteroatoms. The number of carbonyl (C=O) groups is 2. The number of nitrogens with zero attached hydrogens (tertiary/aromatic N) is 1. The second-order valence-electron chi connectivity index (χ2n) is 6.35. The third-order valence-electron chi connectivity index (χ3n) is 4.45. The highest BCUT2D eigenvalue weighted by molar-refractivity contribution is 7.89. The molecule has 0 aliphatic carbocycles. The number of sulfonamides is 1. The van der Waals surface area contributed by atoms with Crippen LogP contribution in [0, 0.1) is 5.82 Å². The van der Waals surface area contributed by atoms with E-state index in [1.165, 1.54) is 49.6 Å². The maximum Gasteiger partial charge on any atom is 0.241 e. The molecule has 0 aromatic heterocycles. The van der Waals surface area contributed by atoms with Gasteiger partial charge in [-0.25, -0.2) is 22.4 Å². The Kier molecular flexibility index (Phi) is 5.48. The molecule has 0 saturated carbocycles. The van der Waals surface area contributed by atoms with Crippen LogP contribution in [-0.4, -0.2) is 27.3 Å². The van der Waals surface area contributed by atoms with E-state index in [1.54, 1.807) is 6.92 Å². The van der Waals surface area contributed by atoms with Gasteiger partial charge in [-0.05, 0) is 42.8 Å². The van der Waals surface area contributed by atoms with E-state index in [1.807, 2.05) is 0 Å². The number of carbonyl (C=O) groups excluding carboxylic acids is 2. The lowest BCUT2D eigenvalue weighted by Crippen LogP contribution is -2.30. The number of hydrogen-bond acceptors (Lipinski definition) is 5. The Morgan fingerprint density at radius 3 is 2.25 bits per heavy atom. The third-order valence-corrected chi connectivity index (χ3v) is 5.99. The number of benzene rings is 2. The van der Waals surface area contributed by atoms with E-state index < -0.39 is 33.7 Å². The number of ether oxygens (including phenoxy) is 1. The van der Waals surface area contributed by atoms with Crippen LogP contribution in [-0.2, 0) is 19.6 Å². The normalized spacial score (nSPS) is 15.8. The minimum atomic E-state index is -3.98. The molecule has 3 rings (SSSR count). The lowest BCUT2D eigenvalue weighted by Gasteiger charge is -2.19. The summed E-state index contributed by atoms with van der Waals surface area (Å²) in [4.78, 5) is 24.9. The Balaban J connectivity index is 1.93. The SMILES string of the molecule is COc1ccc(S(=O)(=O)N[C@H](C)c2ccc(F)cc2)cc1N1C(=O)CCC1=O. The minimum absolute atomic E-state index is 0.0683. The summed E-state index contributed by atoms with van der Waals surface area (Å²) in [6.07, 6.45) is 0.137. The van der Waals surface area contributed by atoms with Crippen molar-refractivity contribution in [3.63, 3.8) is 0 Å². The Labute approximate surface area is 162 Å². The minimum Gasteiger partial charge on any atom is -0.495 e. The summed E-state index contributed by atoms with van der Waals surface area (Å²) in [5, 5.41) is 0. The number of nitrogens with one attached hydrogen (secondary N) is 1. The number of halogens is 1. The molecular weight excluding hydrogens is 387 g/mol. The fourth-order valence-corrected chi connectivity index (χ4v) is 4.23. The molecule has 0 unspecified atom stereocenters. The number of rotatable bonds is 6. The molecule has 0 bridgehead atoms. The predicted octanol–water partition coefficient (Wildman–Crippen LogP) is 2.53. The molecule has 7 nitrogen and oxygen atoms in total. The zero-order valence-electron chi connectivity index (χ0n) is 15.3. The molecule has 1 saturated heterocycles. The van der Waals surface area contributed by atoms with Crippen LogP contribution in [0.2, 0.25) is 0 Å². The smallest absolute Gasteiger partial charge is 0.241 e. The molecule has 0 spiro atoms. The standard InChI is InChI=1S/C19H19FN2O5S/c1-12(13-3-5-14(20)6-4-13)21-28(25,26)15-7-8-17(27-2)16(11-15)22-18(23)9-10-19(22)24/h3-8,11-12,21H,9-10H2,1-2H3/t12-/m1/s1. The van der Waals surface area contributed by atoms with Crippen LogP contribution in [0.3, 0.4) is 0 Å². The van der Waals surface area contributed by atoms with Crippen LogP contribution >= 0.6 is 0 Å². The Hall–Kier alpha value is -2.78. The van der Waals surface area contributed by atoms with Crippen LogP contribution < -0.4 is 14.4 Å². The highest BCUT2D eigenvalue weighted by Crippen LogP contribution is 2.34. The van der Waals surface area contributed by atoms with Crippen molar-refractivity contribution in [1.82, 2.24) is 4.72 Å². The summed E-state index contributed by atoms with van der Waals surface area (Å²) >= 11 is 0. The number of amides is 2. The molecule has 2 amide bonds. The molecule has 1 aliphatic rings. The van der Waals surface area contributed by atoms with Crippen molar-refractivity contribution in [2.45, 2.75) is 30.7 Å². The largest absolute Gasteiger partial charge is 0.495 e. The maximum absolute atomic E-state index is 13.1. The van der Waals surface area contributed by atoms with Gasteiger partial charge in [0.05, 0.1) is 17.7 Å². The topological polar surface area (TPSA) is 92.8 Å². The van der Waals surface area contributed by atoms with Crippen LogP contribution in [0.5, 0.6) is 5.75 Å². The van der Waals surface area contributed by atoms with Gasteiger partial charge < -0.3 is 4.74 Å². The summed E-state index contributed by atoms with van der Waals surface area (Å²) in [6.45, 7) is 1.63. The van der Waals surface area contributed by atoms with Crippen LogP contribution in [0.15, 0.2) is 47.4 Å². The Bertz CT molecular complexity index is 1010. The molecule has 2 aromatic rings. The van der Waals surface area contributed by atoms with Gasteiger partial charge in [0.2, 0.25) is 21.8 Å². The first kappa shape index (κ1) is 20.0. The molecule has 1 aliphatic heterocycles. The summed E-state index contributed by atoms with van der Waals surface area (Å²) in [5.74, 6) is -1.02. The molecule has 1 atom stereocenters. The number of methoxy groups -OCH3 is 1. The van der Waals surface area contributed by atoms with Crippen molar-refractivity contribution in [3.8, 4) is 5.75 Å². The van der Waals surface area contributed by atoms with Crippen molar-refractivity contribution < 1.29 is 27.1 Å². The fourth-order valence-electron chi connectivity index (χ4n) is 2.98. The van der Waals surface area contributed by atoms with E-state index in [0.29, 0.717) is 5.56 Å². The average molecular weight is 406 g/mol. The lowest BCUT2D eigenvalue weighted by atomic mass is 10.1. The molecule has 1 heterocycles. The van der Waals surface area contributed by atoms with Crippen LogP contribution in [0.4, 0.5) is 10.1 Å². The van der Waals surface area contributed by atoms with Gasteiger partial charge in [0.25, 0.3) is 0 Å². The maximum atomic E-state index is 13.1. The van der Waals surface area contributed by atoms with Crippen molar-refractivity contribution in [2.24, 2.45) is 0 Å². The quantitative estimate of drug-likeness (QED) is 0.744. The van der Waals surface area contributed by atoms with Gasteiger partial charge in [-0.15, -0.1) is 0 Å². The van der Waals surface area contributed by atoms with Crippen molar-refractivity contribution in [1.29, 1.82) is 0 Å². The first-order chi connectivity index (χ1) is 13.2. The van der Waals surface area contributed by atoms with E-state index in [4.69, 9.17) is 4.74 Å². The van der Waals surface area contributed by atoms with Crippen molar-refractivity contribution in [2.75, 3.05) is 12.0 Å². The van der Waals surface area contributed by atoms with Crippen LogP contribution in [0.1, 0.15) is 31.4 Å². The van der Waals surface area contributed by atoms with Gasteiger partial charge in [-0.2, -0.15) is 0 Å². The average Bonchev–Trinajstić information content (AvgIpc) is 2.99. The van der Waals surface area contributed by atoms with Gasteiger partial charge in [0, 0.05) is 18.9 Å². The van der Waals surface area contributed by atoms with Gasteiger partial charge in [-0.1, -0.05) is 12.1 Å². The van der Waals surface area contributed by atoms with E-state index in [-0.39, 0.29) is 29.2 Å². The fraction of sp³-hybridized carbons (Fsp3) is 0.263. The number of hydrogen-bond donors (Lipinski definition) is 1. The second-order valence-corrected chi connectivity index (χ2v) is 8.07. The molecule has 2 aromatic carbocycles. The third kappa shape index (κ3) is 3.90. The highest BCUT2D eigenvalue weighted by atomic mass is 32.2. The molecule has 0 radical (unpaired) electrons. The predicted molar refractivity (Wildman–Crippen MR) is 99.9 cm³/mol. The summed E-state index contributed by atoms with van der Waals surface area (Å²) in [6, 6.07) is 8.81. The van der Waals surface area contributed by atoms with E-state index in [9.17, 15) is 22.4 Å². The van der Waals surface area contributed by atoms with Gasteiger partial charge in [0.1, 0.15) is 11.6 Å². The zero-order valence-corrected chi connectivity index (χ0v) is 16.1. The monoisotopic (exact) mass is 406 g/mol. The first-order valence-electron chi connectivity index (χ1n) is 8.54. The van der Waals surface area contributed by atoms with E-state index in [2.05, 4.69) is 4.72 Å². The highest BCUT2D eigenvalue weighted by Gasteiger charge is 2.33. The van der Waals surface area contributed by atoms with Crippen molar-refractivity contribution in [3.05, 3.63) is 53.8 Å². The van der Waals surface area contributed by atoms with Gasteiger partial charge in [-0.3, -0.25) is 9.59 Å². The van der Waals surface area contributed by atoms with Gasteiger partial charge >= 0.3 is 0 Å². The summed E-state index contributed by atoms with van der Waals surface area (Å²) < 4.78 is 46.4. The summed E-state index contributed by atoms with van der Waals surface area (Å²) in [7, 11) is -2.61. The molecule has 28 heavy (non-hydrogen) atoms. The van der Waals surface area contributed by atoms with Crippen molar-refractivity contribution >= 4 is 27.5 Å². The number of anilines is 1. The zero-order chi connectivity index (χ0) is 20.5. The Morgan fingerprint density at radius 1 is 1.07 bits per heavy atom. The molecule has 1 N–H and O–H groups in total. The van der Waals surface area contributed by atoms with Crippen LogP contribution in [0.25, 0.3) is 0 Å².